The van der Waals surface area contributed by atoms with Crippen LogP contribution in [-0.2, 0) is 6.42 Å². The summed E-state index contributed by atoms with van der Waals surface area (Å²) in [5, 5.41) is 4.08. The van der Waals surface area contributed by atoms with Gasteiger partial charge in [0, 0.05) is 11.4 Å². The van der Waals surface area contributed by atoms with Crippen LogP contribution in [0.1, 0.15) is 5.56 Å². The zero-order valence-electron chi connectivity index (χ0n) is 6.50. The minimum absolute atomic E-state index is 0.414. The minimum Gasteiger partial charge on any atom is -0.385 e. The molecule has 0 saturated carbocycles. The van der Waals surface area contributed by atoms with E-state index in [-0.39, 0.29) is 0 Å². The third-order valence-corrected chi connectivity index (χ3v) is 1.72. The predicted molar refractivity (Wildman–Crippen MR) is 51.0 cm³/mol. The fraction of sp³-hybridized carbons (Fsp3) is 0.125. The van der Waals surface area contributed by atoms with Crippen molar-refractivity contribution in [2.24, 2.45) is 16.7 Å². The zero-order valence-corrected chi connectivity index (χ0v) is 7.25. The second-order valence-electron chi connectivity index (χ2n) is 2.42. The van der Waals surface area contributed by atoms with Gasteiger partial charge in [0.2, 0.25) is 0 Å². The van der Waals surface area contributed by atoms with Gasteiger partial charge in [-0.3, -0.25) is 0 Å². The first-order valence-electron chi connectivity index (χ1n) is 3.49. The van der Waals surface area contributed by atoms with E-state index in [9.17, 15) is 0 Å². The topological polar surface area (TPSA) is 64.4 Å². The van der Waals surface area contributed by atoms with E-state index >= 15 is 0 Å². The van der Waals surface area contributed by atoms with Crippen molar-refractivity contribution in [3.05, 3.63) is 34.9 Å². The molecule has 0 heterocycles. The molecule has 0 amide bonds. The SMILES string of the molecule is N/N=C(/N)Cc1ccc(Cl)cc1. The maximum absolute atomic E-state index is 5.70. The van der Waals surface area contributed by atoms with Crippen LogP contribution < -0.4 is 11.6 Å². The molecule has 4 heteroatoms. The molecule has 0 aliphatic heterocycles. The van der Waals surface area contributed by atoms with Crippen molar-refractivity contribution in [2.45, 2.75) is 6.42 Å². The Kier molecular flexibility index (Phi) is 2.94. The molecule has 4 N–H and O–H groups in total. The van der Waals surface area contributed by atoms with Crippen LogP contribution >= 0.6 is 11.6 Å². The molecule has 1 rings (SSSR count). The molecule has 0 spiro atoms. The molecule has 0 unspecified atom stereocenters. The lowest BCUT2D eigenvalue weighted by atomic mass is 10.1. The van der Waals surface area contributed by atoms with Gasteiger partial charge in [-0.05, 0) is 17.7 Å². The molecule has 0 bridgehead atoms. The van der Waals surface area contributed by atoms with Gasteiger partial charge >= 0.3 is 0 Å². The maximum Gasteiger partial charge on any atom is 0.123 e. The second-order valence-corrected chi connectivity index (χ2v) is 2.86. The summed E-state index contributed by atoms with van der Waals surface area (Å²) in [7, 11) is 0. The van der Waals surface area contributed by atoms with Crippen molar-refractivity contribution >= 4 is 17.4 Å². The van der Waals surface area contributed by atoms with Crippen LogP contribution in [0.3, 0.4) is 0 Å². The first-order chi connectivity index (χ1) is 5.72. The van der Waals surface area contributed by atoms with Gasteiger partial charge in [0.1, 0.15) is 5.84 Å². The number of nitrogens with two attached hydrogens (primary N) is 2. The fourth-order valence-corrected chi connectivity index (χ4v) is 0.983. The van der Waals surface area contributed by atoms with Crippen LogP contribution in [0, 0.1) is 0 Å². The number of benzene rings is 1. The zero-order chi connectivity index (χ0) is 8.97. The van der Waals surface area contributed by atoms with E-state index in [1.807, 2.05) is 12.1 Å². The molecule has 0 aromatic heterocycles. The summed E-state index contributed by atoms with van der Waals surface area (Å²) < 4.78 is 0. The van der Waals surface area contributed by atoms with Gasteiger partial charge in [0.25, 0.3) is 0 Å². The number of hydrogen-bond donors (Lipinski definition) is 2. The summed E-state index contributed by atoms with van der Waals surface area (Å²) in [5.74, 6) is 5.40. The number of rotatable bonds is 2. The summed E-state index contributed by atoms with van der Waals surface area (Å²) in [6.45, 7) is 0. The number of hydrazone groups is 1. The standard InChI is InChI=1S/C8H10ClN3/c9-7-3-1-6(2-4-7)5-8(10)12-11/h1-4H,5,11H2,(H2,10,12). The molecule has 12 heavy (non-hydrogen) atoms. The van der Waals surface area contributed by atoms with E-state index in [1.54, 1.807) is 12.1 Å². The van der Waals surface area contributed by atoms with Crippen LogP contribution in [0.15, 0.2) is 29.4 Å². The Balaban J connectivity index is 2.71. The molecule has 64 valence electrons. The van der Waals surface area contributed by atoms with Gasteiger partial charge in [-0.15, -0.1) is 0 Å². The molecule has 0 radical (unpaired) electrons. The van der Waals surface area contributed by atoms with Crippen molar-refractivity contribution in [1.82, 2.24) is 0 Å². The van der Waals surface area contributed by atoms with Crippen molar-refractivity contribution in [1.29, 1.82) is 0 Å². The van der Waals surface area contributed by atoms with E-state index in [4.69, 9.17) is 23.2 Å². The highest BCUT2D eigenvalue weighted by atomic mass is 35.5. The van der Waals surface area contributed by atoms with Gasteiger partial charge < -0.3 is 11.6 Å². The number of amidine groups is 1. The quantitative estimate of drug-likeness (QED) is 0.312. The third-order valence-electron chi connectivity index (χ3n) is 1.46. The smallest absolute Gasteiger partial charge is 0.123 e. The van der Waals surface area contributed by atoms with E-state index in [1.165, 1.54) is 0 Å². The molecule has 0 aliphatic rings. The van der Waals surface area contributed by atoms with Crippen LogP contribution in [-0.4, -0.2) is 5.84 Å². The van der Waals surface area contributed by atoms with Gasteiger partial charge in [-0.2, -0.15) is 5.10 Å². The molecule has 0 fully saturated rings. The van der Waals surface area contributed by atoms with Crippen LogP contribution in [0.2, 0.25) is 5.02 Å². The number of halogens is 1. The monoisotopic (exact) mass is 183 g/mol. The summed E-state index contributed by atoms with van der Waals surface area (Å²) in [5.41, 5.74) is 6.48. The van der Waals surface area contributed by atoms with Crippen molar-refractivity contribution < 1.29 is 0 Å². The lowest BCUT2D eigenvalue weighted by Crippen LogP contribution is -2.16. The largest absolute Gasteiger partial charge is 0.385 e. The Morgan fingerprint density at radius 1 is 1.33 bits per heavy atom. The van der Waals surface area contributed by atoms with Gasteiger partial charge in [0.05, 0.1) is 0 Å². The highest BCUT2D eigenvalue weighted by molar-refractivity contribution is 6.30. The Hall–Kier alpha value is -1.22. The summed E-state index contributed by atoms with van der Waals surface area (Å²) in [6, 6.07) is 7.39. The lowest BCUT2D eigenvalue weighted by Gasteiger charge is -1.99. The van der Waals surface area contributed by atoms with Crippen LogP contribution in [0.5, 0.6) is 0 Å². The molecule has 1 aromatic rings. The van der Waals surface area contributed by atoms with Crippen LogP contribution in [0.4, 0.5) is 0 Å². The lowest BCUT2D eigenvalue weighted by molar-refractivity contribution is 1.17. The van der Waals surface area contributed by atoms with Gasteiger partial charge in [0.15, 0.2) is 0 Å². The van der Waals surface area contributed by atoms with Gasteiger partial charge in [-0.25, -0.2) is 0 Å². The fourth-order valence-electron chi connectivity index (χ4n) is 0.857. The van der Waals surface area contributed by atoms with Crippen molar-refractivity contribution in [3.8, 4) is 0 Å². The molecule has 0 atom stereocenters. The normalized spacial score (nSPS) is 11.6. The first-order valence-corrected chi connectivity index (χ1v) is 3.87. The molecule has 1 aromatic carbocycles. The minimum atomic E-state index is 0.414. The number of nitrogens with zero attached hydrogens (tertiary/aromatic N) is 1. The van der Waals surface area contributed by atoms with Crippen LogP contribution in [0.25, 0.3) is 0 Å². The maximum atomic E-state index is 5.70. The third kappa shape index (κ3) is 2.43. The molecular formula is C8H10ClN3. The van der Waals surface area contributed by atoms with Crippen molar-refractivity contribution in [2.75, 3.05) is 0 Å². The van der Waals surface area contributed by atoms with E-state index < -0.39 is 0 Å². The average Bonchev–Trinajstić information content (AvgIpc) is 2.09. The Morgan fingerprint density at radius 2 is 1.92 bits per heavy atom. The molecule has 3 nitrogen and oxygen atoms in total. The summed E-state index contributed by atoms with van der Waals surface area (Å²) >= 11 is 5.70. The number of hydrogen-bond acceptors (Lipinski definition) is 2. The predicted octanol–water partition coefficient (Wildman–Crippen LogP) is 1.11. The Labute approximate surface area is 76.0 Å². The summed E-state index contributed by atoms with van der Waals surface area (Å²) in [4.78, 5) is 0. The Bertz CT molecular complexity index is 279. The van der Waals surface area contributed by atoms with E-state index in [2.05, 4.69) is 5.10 Å². The van der Waals surface area contributed by atoms with Gasteiger partial charge in [-0.1, -0.05) is 23.7 Å². The first kappa shape index (κ1) is 8.87. The van der Waals surface area contributed by atoms with E-state index in [0.717, 1.165) is 5.56 Å². The highest BCUT2D eigenvalue weighted by Crippen LogP contribution is 2.09. The van der Waals surface area contributed by atoms with Crippen molar-refractivity contribution in [3.63, 3.8) is 0 Å². The molecule has 0 saturated heterocycles. The molecular weight excluding hydrogens is 174 g/mol. The van der Waals surface area contributed by atoms with E-state index in [0.29, 0.717) is 17.3 Å². The average molecular weight is 184 g/mol. The molecule has 0 aliphatic carbocycles. The second kappa shape index (κ2) is 3.97. The summed E-state index contributed by atoms with van der Waals surface area (Å²) in [6.07, 6.45) is 0.563. The Morgan fingerprint density at radius 3 is 2.42 bits per heavy atom. The highest BCUT2D eigenvalue weighted by Gasteiger charge is 1.95.